The van der Waals surface area contributed by atoms with Gasteiger partial charge in [0.25, 0.3) is 0 Å². The van der Waals surface area contributed by atoms with Crippen molar-refractivity contribution in [3.8, 4) is 11.3 Å². The Kier molecular flexibility index (Phi) is 3.39. The number of fused-ring (bicyclic) bond motifs is 1. The molecule has 5 heteroatoms. The first-order valence-electron chi connectivity index (χ1n) is 6.78. The normalized spacial score (nSPS) is 10.8. The molecule has 0 atom stereocenters. The summed E-state index contributed by atoms with van der Waals surface area (Å²) in [6.07, 6.45) is 3.36. The number of benzene rings is 1. The Morgan fingerprint density at radius 2 is 2.05 bits per heavy atom. The average Bonchev–Trinajstić information content (AvgIpc) is 2.90. The molecule has 0 aliphatic rings. The summed E-state index contributed by atoms with van der Waals surface area (Å²) in [4.78, 5) is 16.5. The summed E-state index contributed by atoms with van der Waals surface area (Å²) in [5.74, 6) is -0.400. The number of nitrogens with zero attached hydrogens (tertiary/aromatic N) is 3. The molecule has 0 spiro atoms. The number of ether oxygens (including phenoxy) is 1. The maximum Gasteiger partial charge on any atom is 0.343 e. The summed E-state index contributed by atoms with van der Waals surface area (Å²) < 4.78 is 6.64. The van der Waals surface area contributed by atoms with Crippen LogP contribution in [-0.2, 0) is 4.74 Å². The zero-order chi connectivity index (χ0) is 14.8. The molecule has 0 saturated carbocycles. The van der Waals surface area contributed by atoms with E-state index in [4.69, 9.17) is 4.74 Å². The lowest BCUT2D eigenvalue weighted by Gasteiger charge is -2.06. The van der Waals surface area contributed by atoms with Crippen LogP contribution in [0.5, 0.6) is 0 Å². The van der Waals surface area contributed by atoms with Gasteiger partial charge < -0.3 is 4.74 Å². The fourth-order valence-corrected chi connectivity index (χ4v) is 2.24. The number of hydrogen-bond acceptors (Lipinski definition) is 4. The first-order chi connectivity index (χ1) is 10.2. The van der Waals surface area contributed by atoms with Crippen molar-refractivity contribution in [1.29, 1.82) is 0 Å². The second kappa shape index (κ2) is 5.36. The fraction of sp³-hybridized carbons (Fsp3) is 0.188. The maximum absolute atomic E-state index is 11.9. The molecule has 0 aliphatic carbocycles. The highest BCUT2D eigenvalue weighted by atomic mass is 16.5. The molecule has 0 saturated heterocycles. The molecule has 0 aliphatic heterocycles. The molecule has 1 aromatic carbocycles. The maximum atomic E-state index is 11.9. The molecule has 3 rings (SSSR count). The highest BCUT2D eigenvalue weighted by Gasteiger charge is 2.17. The quantitative estimate of drug-likeness (QED) is 0.693. The third-order valence-electron chi connectivity index (χ3n) is 3.22. The third-order valence-corrected chi connectivity index (χ3v) is 3.22. The van der Waals surface area contributed by atoms with E-state index in [2.05, 4.69) is 10.1 Å². The topological polar surface area (TPSA) is 56.5 Å². The van der Waals surface area contributed by atoms with Crippen LogP contribution in [0.15, 0.2) is 42.7 Å². The molecule has 3 aromatic rings. The predicted octanol–water partition coefficient (Wildman–Crippen LogP) is 2.88. The highest BCUT2D eigenvalue weighted by Crippen LogP contribution is 2.22. The smallest absolute Gasteiger partial charge is 0.343 e. The van der Waals surface area contributed by atoms with Gasteiger partial charge in [-0.2, -0.15) is 5.10 Å². The van der Waals surface area contributed by atoms with Crippen LogP contribution in [0.1, 0.15) is 22.8 Å². The lowest BCUT2D eigenvalue weighted by Crippen LogP contribution is -2.05. The Morgan fingerprint density at radius 1 is 1.29 bits per heavy atom. The van der Waals surface area contributed by atoms with E-state index in [1.807, 2.05) is 43.5 Å². The zero-order valence-electron chi connectivity index (χ0n) is 11.9. The number of hydrogen-bond donors (Lipinski definition) is 0. The van der Waals surface area contributed by atoms with Crippen LogP contribution in [0, 0.1) is 6.92 Å². The molecule has 0 radical (unpaired) electrons. The Morgan fingerprint density at radius 3 is 2.76 bits per heavy atom. The van der Waals surface area contributed by atoms with Crippen LogP contribution < -0.4 is 0 Å². The van der Waals surface area contributed by atoms with E-state index in [1.54, 1.807) is 11.4 Å². The van der Waals surface area contributed by atoms with Crippen molar-refractivity contribution in [2.75, 3.05) is 6.61 Å². The molecule has 0 fully saturated rings. The van der Waals surface area contributed by atoms with Gasteiger partial charge in [0.1, 0.15) is 5.56 Å². The van der Waals surface area contributed by atoms with E-state index in [0.29, 0.717) is 17.8 Å². The molecule has 2 heterocycles. The second-order valence-electron chi connectivity index (χ2n) is 4.69. The fourth-order valence-electron chi connectivity index (χ4n) is 2.24. The van der Waals surface area contributed by atoms with Gasteiger partial charge in [-0.05, 0) is 19.4 Å². The molecule has 106 valence electrons. The molecular formula is C16H15N3O2. The van der Waals surface area contributed by atoms with Crippen LogP contribution in [-0.4, -0.2) is 27.2 Å². The van der Waals surface area contributed by atoms with Crippen molar-refractivity contribution in [3.63, 3.8) is 0 Å². The number of carbonyl (C=O) groups is 1. The standard InChI is InChI=1S/C16H15N3O2/c1-3-21-16(20)13-9-17-19-10-11(2)14(18-15(13)19)12-7-5-4-6-8-12/h4-10H,3H2,1-2H3. The minimum Gasteiger partial charge on any atom is -0.462 e. The molecule has 2 aromatic heterocycles. The second-order valence-corrected chi connectivity index (χ2v) is 4.69. The third kappa shape index (κ3) is 2.38. The number of aromatic nitrogens is 3. The molecule has 0 unspecified atom stereocenters. The number of carbonyl (C=O) groups excluding carboxylic acids is 1. The van der Waals surface area contributed by atoms with Crippen molar-refractivity contribution < 1.29 is 9.53 Å². The molecule has 21 heavy (non-hydrogen) atoms. The molecule has 0 amide bonds. The Labute approximate surface area is 122 Å². The van der Waals surface area contributed by atoms with E-state index >= 15 is 0 Å². The van der Waals surface area contributed by atoms with Crippen molar-refractivity contribution in [1.82, 2.24) is 14.6 Å². The van der Waals surface area contributed by atoms with Gasteiger partial charge in [0.15, 0.2) is 5.65 Å². The van der Waals surface area contributed by atoms with Crippen LogP contribution in [0.3, 0.4) is 0 Å². The summed E-state index contributed by atoms with van der Waals surface area (Å²) >= 11 is 0. The largest absolute Gasteiger partial charge is 0.462 e. The molecular weight excluding hydrogens is 266 g/mol. The van der Waals surface area contributed by atoms with Gasteiger partial charge in [-0.3, -0.25) is 0 Å². The van der Waals surface area contributed by atoms with Gasteiger partial charge in [-0.1, -0.05) is 30.3 Å². The minimum atomic E-state index is -0.400. The summed E-state index contributed by atoms with van der Waals surface area (Å²) in [6, 6.07) is 9.87. The monoisotopic (exact) mass is 281 g/mol. The summed E-state index contributed by atoms with van der Waals surface area (Å²) in [6.45, 7) is 4.07. The van der Waals surface area contributed by atoms with Gasteiger partial charge in [0.05, 0.1) is 18.5 Å². The van der Waals surface area contributed by atoms with Crippen LogP contribution in [0.4, 0.5) is 0 Å². The first-order valence-corrected chi connectivity index (χ1v) is 6.78. The Balaban J connectivity index is 2.17. The Hall–Kier alpha value is -2.69. The average molecular weight is 281 g/mol. The Bertz CT molecular complexity index is 794. The summed E-state index contributed by atoms with van der Waals surface area (Å²) in [5, 5.41) is 4.17. The van der Waals surface area contributed by atoms with Crippen molar-refractivity contribution in [3.05, 3.63) is 53.9 Å². The number of rotatable bonds is 3. The van der Waals surface area contributed by atoms with Gasteiger partial charge in [0.2, 0.25) is 0 Å². The number of esters is 1. The summed E-state index contributed by atoms with van der Waals surface area (Å²) in [7, 11) is 0. The van der Waals surface area contributed by atoms with E-state index in [9.17, 15) is 4.79 Å². The van der Waals surface area contributed by atoms with Crippen molar-refractivity contribution in [2.24, 2.45) is 0 Å². The van der Waals surface area contributed by atoms with E-state index in [1.165, 1.54) is 6.20 Å². The minimum absolute atomic E-state index is 0.327. The van der Waals surface area contributed by atoms with Crippen LogP contribution in [0.25, 0.3) is 16.9 Å². The predicted molar refractivity (Wildman–Crippen MR) is 79.1 cm³/mol. The lowest BCUT2D eigenvalue weighted by atomic mass is 10.1. The van der Waals surface area contributed by atoms with Crippen LogP contribution in [0.2, 0.25) is 0 Å². The molecule has 0 bridgehead atoms. The highest BCUT2D eigenvalue weighted by molar-refractivity contribution is 5.95. The first kappa shape index (κ1) is 13.3. The van der Waals surface area contributed by atoms with Crippen molar-refractivity contribution >= 4 is 11.6 Å². The van der Waals surface area contributed by atoms with E-state index in [-0.39, 0.29) is 0 Å². The van der Waals surface area contributed by atoms with Gasteiger partial charge >= 0.3 is 5.97 Å². The molecule has 0 N–H and O–H groups in total. The summed E-state index contributed by atoms with van der Waals surface area (Å²) in [5.41, 5.74) is 3.74. The van der Waals surface area contributed by atoms with E-state index < -0.39 is 5.97 Å². The van der Waals surface area contributed by atoms with Gasteiger partial charge in [-0.15, -0.1) is 0 Å². The van der Waals surface area contributed by atoms with E-state index in [0.717, 1.165) is 16.8 Å². The van der Waals surface area contributed by atoms with Crippen LogP contribution >= 0.6 is 0 Å². The molecule has 5 nitrogen and oxygen atoms in total. The lowest BCUT2D eigenvalue weighted by molar-refractivity contribution is 0.0528. The SMILES string of the molecule is CCOC(=O)c1cnn2cc(C)c(-c3ccccc3)nc12. The van der Waals surface area contributed by atoms with Gasteiger partial charge in [-0.25, -0.2) is 14.3 Å². The van der Waals surface area contributed by atoms with Crippen molar-refractivity contribution in [2.45, 2.75) is 13.8 Å². The number of aryl methyl sites for hydroxylation is 1. The van der Waals surface area contributed by atoms with Gasteiger partial charge in [0, 0.05) is 11.8 Å². The zero-order valence-corrected chi connectivity index (χ0v) is 11.9.